The Balaban J connectivity index is 1.46. The van der Waals surface area contributed by atoms with Crippen LogP contribution in [0.15, 0.2) is 67.1 Å². The Kier molecular flexibility index (Phi) is 4.48. The molecule has 2 aromatic carbocycles. The van der Waals surface area contributed by atoms with Crippen LogP contribution in [0.1, 0.15) is 42.5 Å². The van der Waals surface area contributed by atoms with E-state index in [4.69, 9.17) is 4.98 Å². The molecule has 2 atom stereocenters. The number of hydrogen-bond donors (Lipinski definition) is 3. The minimum atomic E-state index is -0.435. The van der Waals surface area contributed by atoms with Crippen molar-refractivity contribution < 1.29 is 4.39 Å². The van der Waals surface area contributed by atoms with Crippen molar-refractivity contribution >= 4 is 10.9 Å². The second kappa shape index (κ2) is 7.42. The summed E-state index contributed by atoms with van der Waals surface area (Å²) in [5, 5.41) is 9.60. The number of aromatic nitrogens is 5. The zero-order valence-electron chi connectivity index (χ0n) is 18.6. The van der Waals surface area contributed by atoms with Crippen LogP contribution in [0.2, 0.25) is 0 Å². The summed E-state index contributed by atoms with van der Waals surface area (Å²) in [4.78, 5) is 11.9. The number of imidazole rings is 1. The Bertz CT molecular complexity index is 1440. The molecule has 33 heavy (non-hydrogen) atoms. The average Bonchev–Trinajstić information content (AvgIpc) is 3.58. The molecule has 0 saturated heterocycles. The first-order valence-corrected chi connectivity index (χ1v) is 11.2. The van der Waals surface area contributed by atoms with E-state index in [0.29, 0.717) is 0 Å². The van der Waals surface area contributed by atoms with Crippen molar-refractivity contribution in [1.82, 2.24) is 30.0 Å². The van der Waals surface area contributed by atoms with Gasteiger partial charge in [-0.2, -0.15) is 5.10 Å². The molecule has 3 aromatic heterocycles. The number of fused-ring (bicyclic) bond motifs is 3. The summed E-state index contributed by atoms with van der Waals surface area (Å²) in [6.07, 6.45) is 6.64. The minimum Gasteiger partial charge on any atom is -0.357 e. The Labute approximate surface area is 190 Å². The summed E-state index contributed by atoms with van der Waals surface area (Å²) in [5.74, 6) is 0.604. The van der Waals surface area contributed by atoms with Crippen LogP contribution in [-0.4, -0.2) is 24.7 Å². The van der Waals surface area contributed by atoms with Gasteiger partial charge in [0.2, 0.25) is 0 Å². The van der Waals surface area contributed by atoms with E-state index in [1.54, 1.807) is 12.1 Å². The molecule has 0 radical (unpaired) electrons. The third-order valence-electron chi connectivity index (χ3n) is 6.69. The highest BCUT2D eigenvalue weighted by Crippen LogP contribution is 2.41. The second-order valence-corrected chi connectivity index (χ2v) is 8.93. The number of nitrogens with zero attached hydrogens (tertiary/aromatic N) is 3. The summed E-state index contributed by atoms with van der Waals surface area (Å²) in [6.45, 7) is 5.09. The Morgan fingerprint density at radius 3 is 2.70 bits per heavy atom. The molecule has 6 nitrogen and oxygen atoms in total. The van der Waals surface area contributed by atoms with Gasteiger partial charge in [0.25, 0.3) is 0 Å². The lowest BCUT2D eigenvalue weighted by atomic mass is 9.82. The molecule has 0 spiro atoms. The van der Waals surface area contributed by atoms with Crippen LogP contribution in [0.3, 0.4) is 0 Å². The third kappa shape index (κ3) is 3.27. The average molecular weight is 441 g/mol. The first-order chi connectivity index (χ1) is 16.0. The van der Waals surface area contributed by atoms with E-state index in [-0.39, 0.29) is 11.9 Å². The predicted molar refractivity (Wildman–Crippen MR) is 126 cm³/mol. The fourth-order valence-electron chi connectivity index (χ4n) is 4.93. The SMILES string of the molecule is CCn1cc(C2NC(C)(c3ncc(-c4ccc(F)cc4)[nH]3)Cc3c2[nH]c2ccccc32)cn1. The molecule has 0 bridgehead atoms. The Morgan fingerprint density at radius 1 is 1.09 bits per heavy atom. The lowest BCUT2D eigenvalue weighted by Crippen LogP contribution is -2.48. The van der Waals surface area contributed by atoms with Crippen LogP contribution < -0.4 is 5.32 Å². The van der Waals surface area contributed by atoms with Crippen molar-refractivity contribution in [2.75, 3.05) is 0 Å². The van der Waals surface area contributed by atoms with E-state index in [9.17, 15) is 4.39 Å². The van der Waals surface area contributed by atoms with Gasteiger partial charge < -0.3 is 9.97 Å². The molecular weight excluding hydrogens is 415 g/mol. The van der Waals surface area contributed by atoms with Gasteiger partial charge in [-0.05, 0) is 55.3 Å². The summed E-state index contributed by atoms with van der Waals surface area (Å²) < 4.78 is 15.3. The maximum absolute atomic E-state index is 13.4. The van der Waals surface area contributed by atoms with Crippen molar-refractivity contribution in [2.45, 2.75) is 38.4 Å². The van der Waals surface area contributed by atoms with E-state index in [2.05, 4.69) is 64.7 Å². The number of para-hydroxylation sites is 1. The largest absolute Gasteiger partial charge is 0.357 e. The topological polar surface area (TPSA) is 74.3 Å². The van der Waals surface area contributed by atoms with Crippen molar-refractivity contribution in [3.63, 3.8) is 0 Å². The number of rotatable bonds is 4. The highest BCUT2D eigenvalue weighted by atomic mass is 19.1. The number of benzene rings is 2. The molecule has 0 aliphatic carbocycles. The predicted octanol–water partition coefficient (Wildman–Crippen LogP) is 5.06. The number of halogens is 1. The van der Waals surface area contributed by atoms with Crippen LogP contribution in [-0.2, 0) is 18.5 Å². The normalized spacial score (nSPS) is 20.3. The molecule has 0 saturated carbocycles. The first kappa shape index (κ1) is 19.9. The second-order valence-electron chi connectivity index (χ2n) is 8.93. The molecule has 4 heterocycles. The maximum atomic E-state index is 13.4. The maximum Gasteiger partial charge on any atom is 0.126 e. The molecule has 2 unspecified atom stereocenters. The molecule has 6 rings (SSSR count). The summed E-state index contributed by atoms with van der Waals surface area (Å²) in [7, 11) is 0. The molecule has 5 aromatic rings. The van der Waals surface area contributed by atoms with Gasteiger partial charge in [-0.3, -0.25) is 10.00 Å². The molecule has 1 aliphatic rings. The van der Waals surface area contributed by atoms with Crippen LogP contribution >= 0.6 is 0 Å². The molecule has 166 valence electrons. The number of aryl methyl sites for hydroxylation is 1. The molecule has 0 fully saturated rings. The quantitative estimate of drug-likeness (QED) is 0.366. The fraction of sp³-hybridized carbons (Fsp3) is 0.231. The van der Waals surface area contributed by atoms with Crippen molar-refractivity contribution in [1.29, 1.82) is 0 Å². The van der Waals surface area contributed by atoms with E-state index in [1.807, 2.05) is 17.1 Å². The van der Waals surface area contributed by atoms with Gasteiger partial charge in [-0.1, -0.05) is 18.2 Å². The van der Waals surface area contributed by atoms with Gasteiger partial charge in [-0.15, -0.1) is 0 Å². The van der Waals surface area contributed by atoms with Gasteiger partial charge >= 0.3 is 0 Å². The first-order valence-electron chi connectivity index (χ1n) is 11.2. The van der Waals surface area contributed by atoms with Crippen molar-refractivity contribution in [2.24, 2.45) is 0 Å². The minimum absolute atomic E-state index is 0.0502. The lowest BCUT2D eigenvalue weighted by Gasteiger charge is -2.38. The molecule has 0 amide bonds. The number of hydrogen-bond acceptors (Lipinski definition) is 3. The van der Waals surface area contributed by atoms with Crippen LogP contribution in [0, 0.1) is 5.82 Å². The van der Waals surface area contributed by atoms with Crippen LogP contribution in [0.4, 0.5) is 4.39 Å². The monoisotopic (exact) mass is 440 g/mol. The van der Waals surface area contributed by atoms with Crippen molar-refractivity contribution in [3.8, 4) is 11.3 Å². The van der Waals surface area contributed by atoms with Crippen LogP contribution in [0.25, 0.3) is 22.2 Å². The third-order valence-corrected chi connectivity index (χ3v) is 6.69. The zero-order chi connectivity index (χ0) is 22.6. The molecule has 1 aliphatic heterocycles. The standard InChI is InChI=1S/C26H25FN6/c1-3-33-15-17(13-29-33)23-24-20(19-6-4-5-7-21(19)30-24)12-26(2,32-23)25-28-14-22(31-25)16-8-10-18(27)11-9-16/h4-11,13-15,23,30,32H,3,12H2,1-2H3,(H,28,31). The highest BCUT2D eigenvalue weighted by molar-refractivity contribution is 5.85. The van der Waals surface area contributed by atoms with Gasteiger partial charge in [-0.25, -0.2) is 9.37 Å². The molecule has 7 heteroatoms. The van der Waals surface area contributed by atoms with Gasteiger partial charge in [0.05, 0.1) is 29.7 Å². The fourth-order valence-corrected chi connectivity index (χ4v) is 4.93. The number of H-pyrrole nitrogens is 2. The highest BCUT2D eigenvalue weighted by Gasteiger charge is 2.41. The number of aromatic amines is 2. The number of nitrogens with one attached hydrogen (secondary N) is 3. The van der Waals surface area contributed by atoms with Crippen molar-refractivity contribution in [3.05, 3.63) is 95.6 Å². The Morgan fingerprint density at radius 2 is 1.91 bits per heavy atom. The zero-order valence-corrected chi connectivity index (χ0v) is 18.6. The smallest absolute Gasteiger partial charge is 0.126 e. The molecule has 3 N–H and O–H groups in total. The Hall–Kier alpha value is -3.71. The molecular formula is C26H25FN6. The van der Waals surface area contributed by atoms with Crippen LogP contribution in [0.5, 0.6) is 0 Å². The summed E-state index contributed by atoms with van der Waals surface area (Å²) in [6, 6.07) is 14.9. The van der Waals surface area contributed by atoms with E-state index >= 15 is 0 Å². The summed E-state index contributed by atoms with van der Waals surface area (Å²) in [5.41, 5.74) is 6.05. The van der Waals surface area contributed by atoms with E-state index in [0.717, 1.165) is 41.1 Å². The van der Waals surface area contributed by atoms with E-state index in [1.165, 1.54) is 28.8 Å². The van der Waals surface area contributed by atoms with Gasteiger partial charge in [0.15, 0.2) is 0 Å². The van der Waals surface area contributed by atoms with Gasteiger partial charge in [0.1, 0.15) is 11.6 Å². The lowest BCUT2D eigenvalue weighted by molar-refractivity contribution is 0.296. The van der Waals surface area contributed by atoms with E-state index < -0.39 is 5.54 Å². The van der Waals surface area contributed by atoms with Gasteiger partial charge in [0, 0.05) is 41.3 Å². The summed E-state index contributed by atoms with van der Waals surface area (Å²) >= 11 is 0.